The first-order valence-corrected chi connectivity index (χ1v) is 9.90. The molecule has 0 saturated heterocycles. The number of Topliss-reactive ketones (excluding diaryl/α,β-unsaturated/α-hetero) is 1. The number of ketones is 1. The highest BCUT2D eigenvalue weighted by molar-refractivity contribution is 6.30. The first-order valence-electron chi connectivity index (χ1n) is 9.90. The smallest absolute Gasteiger partial charge is 0.175 e. The van der Waals surface area contributed by atoms with Crippen molar-refractivity contribution < 1.29 is 9.90 Å². The first-order chi connectivity index (χ1) is 13.0. The number of H-pyrrole nitrogens is 1. The summed E-state index contributed by atoms with van der Waals surface area (Å²) in [5.41, 5.74) is 4.35. The number of rotatable bonds is 3. The lowest BCUT2D eigenvalue weighted by Gasteiger charge is -2.45. The predicted molar refractivity (Wildman–Crippen MR) is 115 cm³/mol. The van der Waals surface area contributed by atoms with E-state index in [1.807, 2.05) is 6.08 Å². The van der Waals surface area contributed by atoms with Crippen LogP contribution in [0.2, 0.25) is 0 Å². The minimum atomic E-state index is -0.986. The Hall–Kier alpha value is -2.39. The van der Waals surface area contributed by atoms with Crippen molar-refractivity contribution in [2.24, 2.45) is 5.41 Å². The average molecular weight is 376 g/mol. The summed E-state index contributed by atoms with van der Waals surface area (Å²) in [6, 6.07) is 6.28. The standard InChI is InChI=1S/C25H29NO2/c1-8-23(3,4)21-20-18-14(11-10-12-16(18)26-21)24(5,6)15-13-17(27)25(7,9-2)22(28)19(15)20/h8-12,17,26-27H,1-2,13H2,3-7H3/t17-,25+/m1/s1. The van der Waals surface area contributed by atoms with E-state index in [-0.39, 0.29) is 16.6 Å². The van der Waals surface area contributed by atoms with E-state index in [0.717, 1.165) is 33.3 Å². The number of benzene rings is 1. The van der Waals surface area contributed by atoms with E-state index in [9.17, 15) is 9.90 Å². The van der Waals surface area contributed by atoms with Crippen molar-refractivity contribution in [2.45, 2.75) is 58.0 Å². The molecule has 3 heteroatoms. The van der Waals surface area contributed by atoms with Gasteiger partial charge in [0.1, 0.15) is 0 Å². The van der Waals surface area contributed by atoms with Crippen LogP contribution in [0.3, 0.4) is 0 Å². The van der Waals surface area contributed by atoms with Gasteiger partial charge in [0.25, 0.3) is 0 Å². The Morgan fingerprint density at radius 1 is 1.25 bits per heavy atom. The summed E-state index contributed by atoms with van der Waals surface area (Å²) in [5.74, 6) is -0.0409. The number of allylic oxidation sites excluding steroid dienone is 2. The van der Waals surface area contributed by atoms with Gasteiger partial charge in [0.05, 0.1) is 11.5 Å². The van der Waals surface area contributed by atoms with Crippen molar-refractivity contribution in [2.75, 3.05) is 0 Å². The van der Waals surface area contributed by atoms with Crippen molar-refractivity contribution in [1.29, 1.82) is 0 Å². The van der Waals surface area contributed by atoms with Crippen LogP contribution in [0.4, 0.5) is 0 Å². The summed E-state index contributed by atoms with van der Waals surface area (Å²) in [5, 5.41) is 12.0. The fourth-order valence-corrected chi connectivity index (χ4v) is 4.89. The second-order valence-corrected chi connectivity index (χ2v) is 9.54. The zero-order chi connectivity index (χ0) is 20.6. The van der Waals surface area contributed by atoms with E-state index in [0.29, 0.717) is 6.42 Å². The number of aliphatic hydroxyl groups excluding tert-OH is 1. The Bertz CT molecular complexity index is 1080. The Morgan fingerprint density at radius 2 is 1.93 bits per heavy atom. The van der Waals surface area contributed by atoms with E-state index < -0.39 is 11.5 Å². The molecule has 0 spiro atoms. The highest BCUT2D eigenvalue weighted by atomic mass is 16.3. The second kappa shape index (κ2) is 5.57. The van der Waals surface area contributed by atoms with Gasteiger partial charge in [0.15, 0.2) is 5.78 Å². The Morgan fingerprint density at radius 3 is 2.54 bits per heavy atom. The van der Waals surface area contributed by atoms with Crippen molar-refractivity contribution >= 4 is 22.3 Å². The highest BCUT2D eigenvalue weighted by Crippen LogP contribution is 2.55. The van der Waals surface area contributed by atoms with Crippen LogP contribution in [0.5, 0.6) is 0 Å². The van der Waals surface area contributed by atoms with Crippen LogP contribution in [-0.2, 0) is 15.6 Å². The predicted octanol–water partition coefficient (Wildman–Crippen LogP) is 5.20. The molecule has 1 aromatic heterocycles. The van der Waals surface area contributed by atoms with Gasteiger partial charge in [-0.05, 0) is 30.5 Å². The van der Waals surface area contributed by atoms with Gasteiger partial charge in [-0.2, -0.15) is 0 Å². The number of hydrogen-bond donors (Lipinski definition) is 2. The number of aromatic amines is 1. The molecule has 0 bridgehead atoms. The van der Waals surface area contributed by atoms with E-state index in [4.69, 9.17) is 0 Å². The molecule has 1 aromatic carbocycles. The molecule has 0 unspecified atom stereocenters. The Labute approximate surface area is 166 Å². The summed E-state index contributed by atoms with van der Waals surface area (Å²) in [6.07, 6.45) is 3.22. The zero-order valence-corrected chi connectivity index (χ0v) is 17.4. The van der Waals surface area contributed by atoms with Gasteiger partial charge in [-0.25, -0.2) is 0 Å². The Balaban J connectivity index is 2.19. The number of carbonyl (C=O) groups is 1. The first kappa shape index (κ1) is 18.9. The third kappa shape index (κ3) is 2.11. The van der Waals surface area contributed by atoms with E-state index in [2.05, 4.69) is 64.0 Å². The maximum atomic E-state index is 13.8. The van der Waals surface area contributed by atoms with Crippen LogP contribution in [0.15, 0.2) is 49.1 Å². The largest absolute Gasteiger partial charge is 0.391 e. The molecule has 0 fully saturated rings. The molecule has 146 valence electrons. The van der Waals surface area contributed by atoms with E-state index >= 15 is 0 Å². The van der Waals surface area contributed by atoms with Crippen molar-refractivity contribution in [1.82, 2.24) is 4.98 Å². The molecule has 2 N–H and O–H groups in total. The second-order valence-electron chi connectivity index (χ2n) is 9.54. The van der Waals surface area contributed by atoms with Gasteiger partial charge in [-0.3, -0.25) is 4.79 Å². The normalized spacial score (nSPS) is 26.4. The fraction of sp³-hybridized carbons (Fsp3) is 0.400. The molecule has 1 heterocycles. The molecule has 2 aliphatic rings. The molecule has 2 atom stereocenters. The van der Waals surface area contributed by atoms with Crippen LogP contribution < -0.4 is 0 Å². The number of aliphatic hydroxyl groups is 1. The highest BCUT2D eigenvalue weighted by Gasteiger charge is 2.51. The number of aromatic nitrogens is 1. The Kier molecular flexibility index (Phi) is 3.77. The van der Waals surface area contributed by atoms with Crippen LogP contribution >= 0.6 is 0 Å². The maximum Gasteiger partial charge on any atom is 0.175 e. The average Bonchev–Trinajstić information content (AvgIpc) is 3.05. The van der Waals surface area contributed by atoms with Gasteiger partial charge in [0, 0.05) is 38.6 Å². The summed E-state index contributed by atoms with van der Waals surface area (Å²) in [7, 11) is 0. The minimum Gasteiger partial charge on any atom is -0.391 e. The molecule has 28 heavy (non-hydrogen) atoms. The third-order valence-corrected chi connectivity index (χ3v) is 7.19. The van der Waals surface area contributed by atoms with Gasteiger partial charge in [0.2, 0.25) is 0 Å². The van der Waals surface area contributed by atoms with Gasteiger partial charge in [-0.1, -0.05) is 52.0 Å². The SMILES string of the molecule is C=CC(C)(C)c1[nH]c2cccc3c2c1C1=C(C[C@@H](O)[C@](C)(C=C)C1=O)C3(C)C. The lowest BCUT2D eigenvalue weighted by molar-refractivity contribution is -0.125. The van der Waals surface area contributed by atoms with Crippen molar-refractivity contribution in [3.63, 3.8) is 0 Å². The molecule has 0 radical (unpaired) electrons. The van der Waals surface area contributed by atoms with Crippen molar-refractivity contribution in [3.8, 4) is 0 Å². The zero-order valence-electron chi connectivity index (χ0n) is 17.4. The minimum absolute atomic E-state index is 0.0409. The molecule has 4 rings (SSSR count). The topological polar surface area (TPSA) is 53.1 Å². The van der Waals surface area contributed by atoms with Crippen LogP contribution in [0, 0.1) is 5.41 Å². The molecule has 0 aliphatic heterocycles. The molecular weight excluding hydrogens is 346 g/mol. The fourth-order valence-electron chi connectivity index (χ4n) is 4.89. The summed E-state index contributed by atoms with van der Waals surface area (Å²) in [4.78, 5) is 17.4. The molecule has 0 saturated carbocycles. The summed E-state index contributed by atoms with van der Waals surface area (Å²) >= 11 is 0. The summed E-state index contributed by atoms with van der Waals surface area (Å²) < 4.78 is 0. The van der Waals surface area contributed by atoms with Crippen LogP contribution in [0.1, 0.15) is 57.9 Å². The molecular formula is C25H29NO2. The van der Waals surface area contributed by atoms with E-state index in [1.54, 1.807) is 13.0 Å². The molecule has 0 amide bonds. The lowest BCUT2D eigenvalue weighted by atomic mass is 9.58. The van der Waals surface area contributed by atoms with Crippen LogP contribution in [0.25, 0.3) is 16.5 Å². The monoisotopic (exact) mass is 375 g/mol. The maximum absolute atomic E-state index is 13.8. The number of nitrogens with one attached hydrogen (secondary N) is 1. The van der Waals surface area contributed by atoms with Gasteiger partial charge in [-0.15, -0.1) is 13.2 Å². The summed E-state index contributed by atoms with van der Waals surface area (Å²) in [6.45, 7) is 18.2. The molecule has 3 nitrogen and oxygen atoms in total. The van der Waals surface area contributed by atoms with E-state index in [1.165, 1.54) is 5.56 Å². The van der Waals surface area contributed by atoms with Gasteiger partial charge < -0.3 is 10.1 Å². The lowest BCUT2D eigenvalue weighted by Crippen LogP contribution is -2.46. The number of hydrogen-bond acceptors (Lipinski definition) is 2. The number of carbonyl (C=O) groups excluding carboxylic acids is 1. The van der Waals surface area contributed by atoms with Crippen LogP contribution in [-0.4, -0.2) is 22.0 Å². The number of fused-ring (bicyclic) bond motifs is 1. The molecule has 2 aliphatic carbocycles. The van der Waals surface area contributed by atoms with Gasteiger partial charge >= 0.3 is 0 Å². The molecule has 2 aromatic rings. The van der Waals surface area contributed by atoms with Crippen molar-refractivity contribution in [3.05, 3.63) is 65.9 Å². The third-order valence-electron chi connectivity index (χ3n) is 7.19. The quantitative estimate of drug-likeness (QED) is 0.724.